The maximum atomic E-state index is 5.74. The monoisotopic (exact) mass is 342 g/mol. The van der Waals surface area contributed by atoms with Crippen molar-refractivity contribution in [2.75, 3.05) is 20.1 Å². The molecule has 20 heavy (non-hydrogen) atoms. The second-order valence-corrected chi connectivity index (χ2v) is 6.43. The van der Waals surface area contributed by atoms with Gasteiger partial charge in [-0.15, -0.1) is 10.2 Å². The summed E-state index contributed by atoms with van der Waals surface area (Å²) in [7, 11) is 2.00. The third-order valence-corrected chi connectivity index (χ3v) is 3.33. The van der Waals surface area contributed by atoms with E-state index in [1.54, 1.807) is 12.1 Å². The summed E-state index contributed by atoms with van der Waals surface area (Å²) in [5, 5.41) is 8.02. The van der Waals surface area contributed by atoms with Crippen molar-refractivity contribution in [2.24, 2.45) is 11.1 Å². The van der Waals surface area contributed by atoms with Gasteiger partial charge in [0.2, 0.25) is 5.89 Å². The first kappa shape index (κ1) is 15.2. The van der Waals surface area contributed by atoms with Crippen molar-refractivity contribution in [3.63, 3.8) is 0 Å². The molecule has 2 N–H and O–H groups in total. The number of halogens is 1. The molecule has 7 heteroatoms. The second kappa shape index (κ2) is 6.07. The number of nitrogens with zero attached hydrogens (tertiary/aromatic N) is 3. The van der Waals surface area contributed by atoms with Crippen LogP contribution in [0, 0.1) is 5.41 Å². The van der Waals surface area contributed by atoms with Crippen LogP contribution in [-0.2, 0) is 6.54 Å². The quantitative estimate of drug-likeness (QED) is 0.868. The first-order chi connectivity index (χ1) is 9.39. The Morgan fingerprint density at radius 3 is 2.65 bits per heavy atom. The zero-order chi connectivity index (χ0) is 14.8. The van der Waals surface area contributed by atoms with Crippen LogP contribution in [0.2, 0.25) is 0 Å². The maximum absolute atomic E-state index is 5.74. The third-order valence-electron chi connectivity index (χ3n) is 2.91. The van der Waals surface area contributed by atoms with Gasteiger partial charge < -0.3 is 14.6 Å². The standard InChI is InChI=1S/C13H19BrN4O2/c1-13(2,7-15)8-18(3)6-11-16-17-12(20-11)9-4-5-10(14)19-9/h4-5H,6-8,15H2,1-3H3. The number of nitrogens with two attached hydrogens (primary N) is 1. The topological polar surface area (TPSA) is 81.3 Å². The maximum Gasteiger partial charge on any atom is 0.283 e. The Kier molecular flexibility index (Phi) is 4.62. The van der Waals surface area contributed by atoms with Gasteiger partial charge in [0.25, 0.3) is 5.89 Å². The van der Waals surface area contributed by atoms with Gasteiger partial charge in [0.05, 0.1) is 6.54 Å². The zero-order valence-corrected chi connectivity index (χ0v) is 13.5. The second-order valence-electron chi connectivity index (χ2n) is 5.65. The summed E-state index contributed by atoms with van der Waals surface area (Å²) in [6.07, 6.45) is 0. The Morgan fingerprint density at radius 1 is 1.30 bits per heavy atom. The van der Waals surface area contributed by atoms with E-state index in [0.29, 0.717) is 35.3 Å². The van der Waals surface area contributed by atoms with Gasteiger partial charge in [0, 0.05) is 6.54 Å². The summed E-state index contributed by atoms with van der Waals surface area (Å²) in [5.41, 5.74) is 5.79. The van der Waals surface area contributed by atoms with E-state index in [0.717, 1.165) is 6.54 Å². The molecule has 0 spiro atoms. The molecule has 0 saturated heterocycles. The van der Waals surface area contributed by atoms with E-state index in [4.69, 9.17) is 14.6 Å². The minimum absolute atomic E-state index is 0.0590. The summed E-state index contributed by atoms with van der Waals surface area (Å²) in [6, 6.07) is 3.57. The molecular weight excluding hydrogens is 324 g/mol. The predicted octanol–water partition coefficient (Wildman–Crippen LogP) is 2.51. The lowest BCUT2D eigenvalue weighted by Crippen LogP contribution is -2.36. The van der Waals surface area contributed by atoms with Crippen LogP contribution in [0.1, 0.15) is 19.7 Å². The molecule has 2 rings (SSSR count). The Balaban J connectivity index is 1.99. The van der Waals surface area contributed by atoms with Crippen molar-refractivity contribution in [2.45, 2.75) is 20.4 Å². The van der Waals surface area contributed by atoms with E-state index in [1.807, 2.05) is 7.05 Å². The molecule has 0 fully saturated rings. The highest BCUT2D eigenvalue weighted by molar-refractivity contribution is 9.10. The Morgan fingerprint density at radius 2 is 2.05 bits per heavy atom. The van der Waals surface area contributed by atoms with E-state index in [9.17, 15) is 0 Å². The van der Waals surface area contributed by atoms with Crippen LogP contribution in [0.4, 0.5) is 0 Å². The van der Waals surface area contributed by atoms with Crippen molar-refractivity contribution in [1.82, 2.24) is 15.1 Å². The third kappa shape index (κ3) is 3.91. The highest BCUT2D eigenvalue weighted by atomic mass is 79.9. The van der Waals surface area contributed by atoms with Crippen molar-refractivity contribution in [3.8, 4) is 11.7 Å². The van der Waals surface area contributed by atoms with E-state index >= 15 is 0 Å². The molecule has 0 aromatic carbocycles. The Hall–Kier alpha value is -1.18. The Bertz CT molecular complexity index is 564. The molecule has 2 heterocycles. The van der Waals surface area contributed by atoms with Crippen molar-refractivity contribution in [1.29, 1.82) is 0 Å². The highest BCUT2D eigenvalue weighted by Gasteiger charge is 2.20. The molecular formula is C13H19BrN4O2. The van der Waals surface area contributed by atoms with Gasteiger partial charge in [-0.05, 0) is 47.1 Å². The lowest BCUT2D eigenvalue weighted by Gasteiger charge is -2.27. The molecule has 0 saturated carbocycles. The van der Waals surface area contributed by atoms with Gasteiger partial charge in [-0.2, -0.15) is 0 Å². The van der Waals surface area contributed by atoms with Crippen LogP contribution in [0.5, 0.6) is 0 Å². The van der Waals surface area contributed by atoms with E-state index in [2.05, 4.69) is 44.9 Å². The number of rotatable bonds is 6. The van der Waals surface area contributed by atoms with Crippen LogP contribution < -0.4 is 5.73 Å². The van der Waals surface area contributed by atoms with Crippen LogP contribution >= 0.6 is 15.9 Å². The van der Waals surface area contributed by atoms with Crippen molar-refractivity contribution in [3.05, 3.63) is 22.7 Å². The number of aromatic nitrogens is 2. The van der Waals surface area contributed by atoms with Crippen molar-refractivity contribution >= 4 is 15.9 Å². The molecule has 0 aliphatic rings. The van der Waals surface area contributed by atoms with Gasteiger partial charge in [0.1, 0.15) is 0 Å². The molecule has 0 aliphatic heterocycles. The fourth-order valence-corrected chi connectivity index (χ4v) is 2.23. The molecule has 0 unspecified atom stereocenters. The molecule has 2 aromatic rings. The zero-order valence-electron chi connectivity index (χ0n) is 11.9. The minimum Gasteiger partial charge on any atom is -0.444 e. The molecule has 0 amide bonds. The molecule has 0 atom stereocenters. The summed E-state index contributed by atoms with van der Waals surface area (Å²) >= 11 is 3.24. The lowest BCUT2D eigenvalue weighted by molar-refractivity contribution is 0.196. The van der Waals surface area contributed by atoms with Crippen molar-refractivity contribution < 1.29 is 8.83 Å². The summed E-state index contributed by atoms with van der Waals surface area (Å²) in [4.78, 5) is 2.11. The van der Waals surface area contributed by atoms with Gasteiger partial charge in [-0.1, -0.05) is 13.8 Å². The smallest absolute Gasteiger partial charge is 0.283 e. The van der Waals surface area contributed by atoms with E-state index in [1.165, 1.54) is 0 Å². The van der Waals surface area contributed by atoms with Crippen LogP contribution in [0.3, 0.4) is 0 Å². The summed E-state index contributed by atoms with van der Waals surface area (Å²) in [5.74, 6) is 1.50. The Labute approximate surface area is 126 Å². The van der Waals surface area contributed by atoms with Gasteiger partial charge in [0.15, 0.2) is 10.4 Å². The fraction of sp³-hybridized carbons (Fsp3) is 0.538. The highest BCUT2D eigenvalue weighted by Crippen LogP contribution is 2.24. The number of furan rings is 1. The SMILES string of the molecule is CN(Cc1nnc(-c2ccc(Br)o2)o1)CC(C)(C)CN. The predicted molar refractivity (Wildman–Crippen MR) is 78.9 cm³/mol. The average Bonchev–Trinajstić information content (AvgIpc) is 2.97. The van der Waals surface area contributed by atoms with E-state index < -0.39 is 0 Å². The van der Waals surface area contributed by atoms with Gasteiger partial charge in [-0.25, -0.2) is 0 Å². The molecule has 2 aromatic heterocycles. The molecule has 6 nitrogen and oxygen atoms in total. The average molecular weight is 343 g/mol. The molecule has 0 aliphatic carbocycles. The first-order valence-corrected chi connectivity index (χ1v) is 7.15. The van der Waals surface area contributed by atoms with Crippen LogP contribution in [-0.4, -0.2) is 35.2 Å². The number of hydrogen-bond donors (Lipinski definition) is 1. The molecule has 0 bridgehead atoms. The van der Waals surface area contributed by atoms with Crippen LogP contribution in [0.25, 0.3) is 11.7 Å². The van der Waals surface area contributed by atoms with Gasteiger partial charge in [-0.3, -0.25) is 4.90 Å². The van der Waals surface area contributed by atoms with Crippen LogP contribution in [0.15, 0.2) is 25.6 Å². The molecule has 110 valence electrons. The normalized spacial score (nSPS) is 12.3. The first-order valence-electron chi connectivity index (χ1n) is 6.36. The fourth-order valence-electron chi connectivity index (χ4n) is 1.93. The summed E-state index contributed by atoms with van der Waals surface area (Å²) in [6.45, 7) is 6.32. The molecule has 0 radical (unpaired) electrons. The van der Waals surface area contributed by atoms with Gasteiger partial charge >= 0.3 is 0 Å². The number of hydrogen-bond acceptors (Lipinski definition) is 6. The minimum atomic E-state index is 0.0590. The van der Waals surface area contributed by atoms with E-state index in [-0.39, 0.29) is 5.41 Å². The largest absolute Gasteiger partial charge is 0.444 e. The summed E-state index contributed by atoms with van der Waals surface area (Å²) < 4.78 is 11.6. The lowest BCUT2D eigenvalue weighted by atomic mass is 9.93.